The fourth-order valence-electron chi connectivity index (χ4n) is 1.59. The number of nitrogens with zero attached hydrogens (tertiary/aromatic N) is 2. The third-order valence-corrected chi connectivity index (χ3v) is 3.05. The number of carbonyl (C=O) groups is 1. The fraction of sp³-hybridized carbons (Fsp3) is 0.750. The predicted octanol–water partition coefficient (Wildman–Crippen LogP) is 0.291. The van der Waals surface area contributed by atoms with Crippen molar-refractivity contribution in [1.29, 1.82) is 0 Å². The van der Waals surface area contributed by atoms with Gasteiger partial charge in [-0.3, -0.25) is 0 Å². The van der Waals surface area contributed by atoms with Gasteiger partial charge in [-0.15, -0.1) is 0 Å². The van der Waals surface area contributed by atoms with E-state index in [2.05, 4.69) is 0 Å². The molecule has 0 saturated carbocycles. The molecule has 1 heterocycles. The molecular weight excluding hydrogens is 220 g/mol. The lowest BCUT2D eigenvalue weighted by Crippen LogP contribution is -2.33. The molecule has 0 aromatic carbocycles. The predicted molar refractivity (Wildman–Crippen MR) is 64.1 cm³/mol. The van der Waals surface area contributed by atoms with Gasteiger partial charge in [-0.05, 0) is 33.9 Å². The Balaban J connectivity index is 2.48. The summed E-state index contributed by atoms with van der Waals surface area (Å²) in [5.74, 6) is 1.14. The number of likely N-dealkylation sites (tertiary alicyclic amines) is 1. The van der Waals surface area contributed by atoms with E-state index in [1.807, 2.05) is 25.9 Å². The molecule has 0 spiro atoms. The molecule has 1 unspecified atom stereocenters. The van der Waals surface area contributed by atoms with E-state index in [1.165, 1.54) is 0 Å². The SMILES string of the molecule is CC(COC(=O)C(=C=O)N1CCCC1)N(C)C. The molecule has 0 aromatic heterocycles. The first kappa shape index (κ1) is 13.7. The highest BCUT2D eigenvalue weighted by Crippen LogP contribution is 2.13. The molecule has 1 rings (SSSR count). The van der Waals surface area contributed by atoms with Crippen molar-refractivity contribution in [1.82, 2.24) is 9.80 Å². The van der Waals surface area contributed by atoms with Crippen LogP contribution in [0.1, 0.15) is 19.8 Å². The summed E-state index contributed by atoms with van der Waals surface area (Å²) in [7, 11) is 3.82. The van der Waals surface area contributed by atoms with Gasteiger partial charge >= 0.3 is 5.97 Å². The van der Waals surface area contributed by atoms with Crippen LogP contribution in [0.25, 0.3) is 0 Å². The normalized spacial score (nSPS) is 16.8. The molecule has 1 aliphatic rings. The first-order chi connectivity index (χ1) is 8.06. The van der Waals surface area contributed by atoms with Crippen LogP contribution >= 0.6 is 0 Å². The molecule has 1 aliphatic heterocycles. The number of hydrogen-bond donors (Lipinski definition) is 0. The average molecular weight is 240 g/mol. The van der Waals surface area contributed by atoms with Crippen LogP contribution < -0.4 is 0 Å². The van der Waals surface area contributed by atoms with Crippen LogP contribution in [-0.4, -0.2) is 61.5 Å². The summed E-state index contributed by atoms with van der Waals surface area (Å²) >= 11 is 0. The third-order valence-electron chi connectivity index (χ3n) is 3.05. The lowest BCUT2D eigenvalue weighted by molar-refractivity contribution is -0.141. The van der Waals surface area contributed by atoms with Crippen molar-refractivity contribution in [2.45, 2.75) is 25.8 Å². The third kappa shape index (κ3) is 3.88. The molecule has 1 saturated heterocycles. The highest BCUT2D eigenvalue weighted by Gasteiger charge is 2.23. The number of likely N-dealkylation sites (N-methyl/N-ethyl adjacent to an activating group) is 1. The summed E-state index contributed by atoms with van der Waals surface area (Å²) in [6.45, 7) is 3.71. The van der Waals surface area contributed by atoms with E-state index < -0.39 is 5.97 Å². The summed E-state index contributed by atoms with van der Waals surface area (Å²) in [5, 5.41) is 0. The minimum atomic E-state index is -0.560. The molecule has 96 valence electrons. The maximum atomic E-state index is 11.7. The van der Waals surface area contributed by atoms with Crippen LogP contribution in [0.4, 0.5) is 0 Å². The number of ether oxygens (including phenoxy) is 1. The lowest BCUT2D eigenvalue weighted by atomic mass is 10.3. The van der Waals surface area contributed by atoms with Crippen molar-refractivity contribution in [2.75, 3.05) is 33.8 Å². The number of rotatable bonds is 5. The van der Waals surface area contributed by atoms with E-state index in [1.54, 1.807) is 10.8 Å². The van der Waals surface area contributed by atoms with E-state index >= 15 is 0 Å². The van der Waals surface area contributed by atoms with Gasteiger partial charge in [0.1, 0.15) is 6.61 Å². The highest BCUT2D eigenvalue weighted by atomic mass is 16.5. The van der Waals surface area contributed by atoms with Gasteiger partial charge in [-0.1, -0.05) is 0 Å². The Labute approximate surface area is 102 Å². The molecular formula is C12H20N2O3. The minimum absolute atomic E-state index is 0.0356. The summed E-state index contributed by atoms with van der Waals surface area (Å²) in [5.41, 5.74) is 0.0356. The Morgan fingerprint density at radius 2 is 2.00 bits per heavy atom. The molecule has 5 nitrogen and oxygen atoms in total. The summed E-state index contributed by atoms with van der Waals surface area (Å²) in [4.78, 5) is 26.2. The van der Waals surface area contributed by atoms with Gasteiger partial charge in [0.05, 0.1) is 0 Å². The van der Waals surface area contributed by atoms with Gasteiger partial charge in [0.15, 0.2) is 5.94 Å². The topological polar surface area (TPSA) is 49.9 Å². The van der Waals surface area contributed by atoms with Crippen LogP contribution in [0.15, 0.2) is 5.70 Å². The van der Waals surface area contributed by atoms with Crippen molar-refractivity contribution in [3.63, 3.8) is 0 Å². The Hall–Kier alpha value is -1.32. The van der Waals surface area contributed by atoms with Crippen LogP contribution in [0.2, 0.25) is 0 Å². The lowest BCUT2D eigenvalue weighted by Gasteiger charge is -2.21. The summed E-state index contributed by atoms with van der Waals surface area (Å²) in [6, 6.07) is 0.130. The van der Waals surface area contributed by atoms with Crippen LogP contribution in [0.5, 0.6) is 0 Å². The van der Waals surface area contributed by atoms with Crippen LogP contribution in [-0.2, 0) is 14.3 Å². The van der Waals surface area contributed by atoms with Gasteiger partial charge in [-0.25, -0.2) is 9.59 Å². The highest BCUT2D eigenvalue weighted by molar-refractivity contribution is 5.96. The molecule has 1 fully saturated rings. The molecule has 0 aromatic rings. The molecule has 0 radical (unpaired) electrons. The second-order valence-corrected chi connectivity index (χ2v) is 4.56. The van der Waals surface area contributed by atoms with E-state index in [0.717, 1.165) is 25.9 Å². The van der Waals surface area contributed by atoms with Gasteiger partial charge < -0.3 is 14.5 Å². The van der Waals surface area contributed by atoms with Gasteiger partial charge in [0.2, 0.25) is 5.70 Å². The molecule has 0 N–H and O–H groups in total. The molecule has 5 heteroatoms. The largest absolute Gasteiger partial charge is 0.459 e. The Morgan fingerprint density at radius 3 is 2.47 bits per heavy atom. The standard InChI is InChI=1S/C12H20N2O3/c1-10(13(2)3)9-17-12(16)11(8-15)14-6-4-5-7-14/h10H,4-7,9H2,1-3H3. The maximum Gasteiger partial charge on any atom is 0.366 e. The zero-order valence-electron chi connectivity index (χ0n) is 10.7. The smallest absolute Gasteiger partial charge is 0.366 e. The van der Waals surface area contributed by atoms with Crippen LogP contribution in [0.3, 0.4) is 0 Å². The summed E-state index contributed by atoms with van der Waals surface area (Å²) in [6.07, 6.45) is 2.01. The van der Waals surface area contributed by atoms with Gasteiger partial charge in [0.25, 0.3) is 0 Å². The maximum absolute atomic E-state index is 11.7. The molecule has 0 bridgehead atoms. The Bertz CT molecular complexity index is 316. The van der Waals surface area contributed by atoms with Gasteiger partial charge in [-0.2, -0.15) is 0 Å². The molecule has 0 amide bonds. The fourth-order valence-corrected chi connectivity index (χ4v) is 1.59. The Morgan fingerprint density at radius 1 is 1.41 bits per heavy atom. The number of esters is 1. The van der Waals surface area contributed by atoms with Crippen molar-refractivity contribution in [3.05, 3.63) is 5.70 Å². The minimum Gasteiger partial charge on any atom is -0.459 e. The second kappa shape index (κ2) is 6.42. The number of hydrogen-bond acceptors (Lipinski definition) is 5. The van der Waals surface area contributed by atoms with Crippen molar-refractivity contribution in [2.24, 2.45) is 0 Å². The van der Waals surface area contributed by atoms with E-state index in [9.17, 15) is 9.59 Å². The van der Waals surface area contributed by atoms with Crippen LogP contribution in [0, 0.1) is 0 Å². The van der Waals surface area contributed by atoms with Crippen molar-refractivity contribution in [3.8, 4) is 0 Å². The number of carbonyl (C=O) groups excluding carboxylic acids is 2. The Kier molecular flexibility index (Phi) is 5.19. The molecule has 1 atom stereocenters. The van der Waals surface area contributed by atoms with E-state index in [0.29, 0.717) is 0 Å². The van der Waals surface area contributed by atoms with E-state index in [4.69, 9.17) is 4.74 Å². The first-order valence-corrected chi connectivity index (χ1v) is 5.90. The molecule has 0 aliphatic carbocycles. The average Bonchev–Trinajstić information content (AvgIpc) is 2.80. The quantitative estimate of drug-likeness (QED) is 0.393. The zero-order valence-corrected chi connectivity index (χ0v) is 10.7. The zero-order chi connectivity index (χ0) is 12.8. The monoisotopic (exact) mass is 240 g/mol. The molecule has 17 heavy (non-hydrogen) atoms. The first-order valence-electron chi connectivity index (χ1n) is 5.90. The second-order valence-electron chi connectivity index (χ2n) is 4.56. The van der Waals surface area contributed by atoms with Crippen molar-refractivity contribution < 1.29 is 14.3 Å². The summed E-state index contributed by atoms with van der Waals surface area (Å²) < 4.78 is 5.11. The van der Waals surface area contributed by atoms with E-state index in [-0.39, 0.29) is 18.3 Å². The van der Waals surface area contributed by atoms with Crippen molar-refractivity contribution >= 4 is 11.9 Å². The van der Waals surface area contributed by atoms with Gasteiger partial charge in [0, 0.05) is 19.1 Å².